The number of fused-ring (bicyclic) bond motifs is 1. The SMILES string of the molecule is O=C(Nc1nc(CN2CCCCC2)cs1)c1ccc(-c2ccc3c(c2)OCCO3)s1. The van der Waals surface area contributed by atoms with Crippen LogP contribution in [0.3, 0.4) is 0 Å². The zero-order valence-electron chi connectivity index (χ0n) is 16.6. The maximum atomic E-state index is 12.7. The Hall–Kier alpha value is -2.42. The quantitative estimate of drug-likeness (QED) is 0.611. The molecule has 2 aliphatic rings. The van der Waals surface area contributed by atoms with Gasteiger partial charge in [0, 0.05) is 16.8 Å². The number of thiazole rings is 1. The van der Waals surface area contributed by atoms with Gasteiger partial charge in [0.1, 0.15) is 13.2 Å². The molecule has 1 amide bonds. The molecule has 2 aliphatic heterocycles. The first-order chi connectivity index (χ1) is 14.7. The summed E-state index contributed by atoms with van der Waals surface area (Å²) >= 11 is 2.94. The van der Waals surface area contributed by atoms with Crippen molar-refractivity contribution in [2.24, 2.45) is 0 Å². The number of ether oxygens (including phenoxy) is 2. The van der Waals surface area contributed by atoms with E-state index in [9.17, 15) is 4.79 Å². The second kappa shape index (κ2) is 8.75. The van der Waals surface area contributed by atoms with Gasteiger partial charge in [0.05, 0.1) is 10.6 Å². The van der Waals surface area contributed by atoms with Crippen LogP contribution >= 0.6 is 22.7 Å². The van der Waals surface area contributed by atoms with Crippen LogP contribution in [0.2, 0.25) is 0 Å². The van der Waals surface area contributed by atoms with Gasteiger partial charge in [-0.3, -0.25) is 15.0 Å². The van der Waals surface area contributed by atoms with Gasteiger partial charge in [0.15, 0.2) is 16.6 Å². The van der Waals surface area contributed by atoms with E-state index in [1.807, 2.05) is 35.7 Å². The number of benzene rings is 1. The molecule has 30 heavy (non-hydrogen) atoms. The van der Waals surface area contributed by atoms with Crippen molar-refractivity contribution in [1.29, 1.82) is 0 Å². The standard InChI is InChI=1S/C22H23N3O3S2/c26-21(24-22-23-16(14-29-22)13-25-8-2-1-3-9-25)20-7-6-19(30-20)15-4-5-17-18(12-15)28-11-10-27-17/h4-7,12,14H,1-3,8-11,13H2,(H,23,24,26). The Kier molecular flexibility index (Phi) is 5.70. The predicted octanol–water partition coefficient (Wildman–Crippen LogP) is 4.88. The molecule has 1 saturated heterocycles. The highest BCUT2D eigenvalue weighted by atomic mass is 32.1. The Bertz CT molecular complexity index is 1040. The minimum atomic E-state index is -0.123. The Balaban J connectivity index is 1.24. The van der Waals surface area contributed by atoms with Crippen molar-refractivity contribution in [3.8, 4) is 21.9 Å². The van der Waals surface area contributed by atoms with Crippen molar-refractivity contribution in [3.05, 3.63) is 46.3 Å². The average molecular weight is 442 g/mol. The van der Waals surface area contributed by atoms with E-state index in [1.54, 1.807) is 0 Å². The third kappa shape index (κ3) is 4.35. The molecule has 6 nitrogen and oxygen atoms in total. The second-order valence-corrected chi connectivity index (χ2v) is 9.40. The first-order valence-corrected chi connectivity index (χ1v) is 11.9. The van der Waals surface area contributed by atoms with Crippen LogP contribution < -0.4 is 14.8 Å². The molecule has 8 heteroatoms. The molecule has 0 bridgehead atoms. The van der Waals surface area contributed by atoms with Crippen molar-refractivity contribution in [2.45, 2.75) is 25.8 Å². The Morgan fingerprint density at radius 2 is 1.90 bits per heavy atom. The summed E-state index contributed by atoms with van der Waals surface area (Å²) < 4.78 is 11.2. The Morgan fingerprint density at radius 1 is 1.07 bits per heavy atom. The number of rotatable bonds is 5. The molecule has 1 fully saturated rings. The highest BCUT2D eigenvalue weighted by Crippen LogP contribution is 2.37. The summed E-state index contributed by atoms with van der Waals surface area (Å²) in [6.07, 6.45) is 3.85. The summed E-state index contributed by atoms with van der Waals surface area (Å²) in [5.74, 6) is 1.40. The first kappa shape index (κ1) is 19.5. The number of aromatic nitrogens is 1. The lowest BCUT2D eigenvalue weighted by atomic mass is 10.1. The highest BCUT2D eigenvalue weighted by molar-refractivity contribution is 7.17. The molecule has 5 rings (SSSR count). The van der Waals surface area contributed by atoms with Crippen LogP contribution in [0.5, 0.6) is 11.5 Å². The van der Waals surface area contributed by atoms with Gasteiger partial charge in [-0.15, -0.1) is 22.7 Å². The molecular weight excluding hydrogens is 418 g/mol. The fourth-order valence-electron chi connectivity index (χ4n) is 3.75. The number of likely N-dealkylation sites (tertiary alicyclic amines) is 1. The zero-order valence-corrected chi connectivity index (χ0v) is 18.2. The smallest absolute Gasteiger partial charge is 0.267 e. The molecular formula is C22H23N3O3S2. The summed E-state index contributed by atoms with van der Waals surface area (Å²) in [4.78, 5) is 21.4. The highest BCUT2D eigenvalue weighted by Gasteiger charge is 2.17. The summed E-state index contributed by atoms with van der Waals surface area (Å²) in [7, 11) is 0. The van der Waals surface area contributed by atoms with Crippen LogP contribution in [0.25, 0.3) is 10.4 Å². The monoisotopic (exact) mass is 441 g/mol. The molecule has 0 radical (unpaired) electrons. The number of piperidine rings is 1. The van der Waals surface area contributed by atoms with Gasteiger partial charge in [0.2, 0.25) is 0 Å². The van der Waals surface area contributed by atoms with Crippen molar-refractivity contribution in [3.63, 3.8) is 0 Å². The normalized spacial score (nSPS) is 16.4. The summed E-state index contributed by atoms with van der Waals surface area (Å²) in [6.45, 7) is 4.27. The van der Waals surface area contributed by atoms with Crippen molar-refractivity contribution < 1.29 is 14.3 Å². The number of carbonyl (C=O) groups is 1. The maximum Gasteiger partial charge on any atom is 0.267 e. The third-order valence-corrected chi connectivity index (χ3v) is 7.20. The zero-order chi connectivity index (χ0) is 20.3. The summed E-state index contributed by atoms with van der Waals surface area (Å²) in [5.41, 5.74) is 2.04. The molecule has 156 valence electrons. The van der Waals surface area contributed by atoms with E-state index in [0.29, 0.717) is 23.2 Å². The van der Waals surface area contributed by atoms with Crippen molar-refractivity contribution in [1.82, 2.24) is 9.88 Å². The molecule has 0 atom stereocenters. The Morgan fingerprint density at radius 3 is 2.77 bits per heavy atom. The van der Waals surface area contributed by atoms with Crippen molar-refractivity contribution >= 4 is 33.7 Å². The molecule has 0 unspecified atom stereocenters. The minimum absolute atomic E-state index is 0.123. The lowest BCUT2D eigenvalue weighted by Gasteiger charge is -2.25. The number of amides is 1. The fourth-order valence-corrected chi connectivity index (χ4v) is 5.35. The van der Waals surface area contributed by atoms with Crippen LogP contribution in [0.1, 0.15) is 34.6 Å². The van der Waals surface area contributed by atoms with Gasteiger partial charge < -0.3 is 9.47 Å². The van der Waals surface area contributed by atoms with Gasteiger partial charge in [-0.05, 0) is 61.8 Å². The van der Waals surface area contributed by atoms with E-state index in [4.69, 9.17) is 9.47 Å². The molecule has 0 aliphatic carbocycles. The number of hydrogen-bond acceptors (Lipinski definition) is 7. The van der Waals surface area contributed by atoms with E-state index in [1.165, 1.54) is 41.9 Å². The number of nitrogens with zero attached hydrogens (tertiary/aromatic N) is 2. The topological polar surface area (TPSA) is 63.7 Å². The molecule has 1 N–H and O–H groups in total. The van der Waals surface area contributed by atoms with E-state index in [-0.39, 0.29) is 5.91 Å². The third-order valence-electron chi connectivity index (χ3n) is 5.26. The van der Waals surface area contributed by atoms with Gasteiger partial charge in [0.25, 0.3) is 5.91 Å². The predicted molar refractivity (Wildman–Crippen MR) is 120 cm³/mol. The maximum absolute atomic E-state index is 12.7. The largest absolute Gasteiger partial charge is 0.486 e. The van der Waals surface area contributed by atoms with Crippen LogP contribution in [0.15, 0.2) is 35.7 Å². The molecule has 0 saturated carbocycles. The van der Waals surface area contributed by atoms with E-state index < -0.39 is 0 Å². The fraction of sp³-hybridized carbons (Fsp3) is 0.364. The minimum Gasteiger partial charge on any atom is -0.486 e. The van der Waals surface area contributed by atoms with Crippen LogP contribution in [-0.4, -0.2) is 42.1 Å². The number of carbonyl (C=O) groups excluding carboxylic acids is 1. The number of anilines is 1. The van der Waals surface area contributed by atoms with Gasteiger partial charge in [-0.1, -0.05) is 6.42 Å². The van der Waals surface area contributed by atoms with Crippen LogP contribution in [-0.2, 0) is 6.54 Å². The van der Waals surface area contributed by atoms with E-state index in [0.717, 1.165) is 47.3 Å². The van der Waals surface area contributed by atoms with Crippen LogP contribution in [0, 0.1) is 0 Å². The van der Waals surface area contributed by atoms with E-state index >= 15 is 0 Å². The molecule has 1 aromatic carbocycles. The Labute approximate surface area is 183 Å². The summed E-state index contributed by atoms with van der Waals surface area (Å²) in [6, 6.07) is 9.70. The average Bonchev–Trinajstić information content (AvgIpc) is 3.44. The number of nitrogens with one attached hydrogen (secondary N) is 1. The van der Waals surface area contributed by atoms with Gasteiger partial charge >= 0.3 is 0 Å². The van der Waals surface area contributed by atoms with Crippen LogP contribution in [0.4, 0.5) is 5.13 Å². The lowest BCUT2D eigenvalue weighted by molar-refractivity contribution is 0.103. The molecule has 3 aromatic rings. The number of hydrogen-bond donors (Lipinski definition) is 1. The molecule has 4 heterocycles. The van der Waals surface area contributed by atoms with E-state index in [2.05, 4.69) is 15.2 Å². The summed E-state index contributed by atoms with van der Waals surface area (Å²) in [5, 5.41) is 5.64. The lowest BCUT2D eigenvalue weighted by Crippen LogP contribution is -2.29. The number of thiophene rings is 1. The molecule has 2 aromatic heterocycles. The second-order valence-electron chi connectivity index (χ2n) is 7.46. The molecule has 0 spiro atoms. The van der Waals surface area contributed by atoms with Gasteiger partial charge in [-0.2, -0.15) is 0 Å². The van der Waals surface area contributed by atoms with Gasteiger partial charge in [-0.25, -0.2) is 4.98 Å². The first-order valence-electron chi connectivity index (χ1n) is 10.2. The van der Waals surface area contributed by atoms with Crippen molar-refractivity contribution in [2.75, 3.05) is 31.6 Å².